The Hall–Kier alpha value is 0.110. The van der Waals surface area contributed by atoms with Gasteiger partial charge in [0.05, 0.1) is 0 Å². The molecule has 3 heteroatoms. The minimum Gasteiger partial charge on any atom is -0.313 e. The van der Waals surface area contributed by atoms with Crippen molar-refractivity contribution in [2.75, 3.05) is 18.1 Å². The Kier molecular flexibility index (Phi) is 8.49. The van der Waals surface area contributed by atoms with Gasteiger partial charge in [0.15, 0.2) is 0 Å². The third-order valence-corrected chi connectivity index (χ3v) is 4.05. The second-order valence-corrected chi connectivity index (χ2v) is 5.63. The molecule has 0 radical (unpaired) electrons. The third kappa shape index (κ3) is 5.76. The molecule has 0 aromatic carbocycles. The first-order chi connectivity index (χ1) is 6.65. The number of rotatable bonds is 8. The lowest BCUT2D eigenvalue weighted by atomic mass is 10.0. The molecule has 0 heterocycles. The van der Waals surface area contributed by atoms with Crippen molar-refractivity contribution < 1.29 is 4.21 Å². The van der Waals surface area contributed by atoms with Crippen LogP contribution in [0.25, 0.3) is 0 Å². The summed E-state index contributed by atoms with van der Waals surface area (Å²) in [5.74, 6) is 2.21. The van der Waals surface area contributed by atoms with Crippen LogP contribution in [0.5, 0.6) is 0 Å². The summed E-state index contributed by atoms with van der Waals surface area (Å²) in [4.78, 5) is 0. The molecule has 0 saturated heterocycles. The first-order valence-corrected chi connectivity index (χ1v) is 7.22. The van der Waals surface area contributed by atoms with E-state index in [2.05, 4.69) is 26.1 Å². The smallest absolute Gasteiger partial charge is 0.0391 e. The van der Waals surface area contributed by atoms with Gasteiger partial charge in [-0.15, -0.1) is 0 Å². The van der Waals surface area contributed by atoms with Gasteiger partial charge in [-0.25, -0.2) is 0 Å². The normalized spacial score (nSPS) is 17.7. The Morgan fingerprint density at radius 2 is 1.93 bits per heavy atom. The minimum atomic E-state index is -0.645. The molecule has 0 aliphatic rings. The van der Waals surface area contributed by atoms with E-state index in [0.29, 0.717) is 12.0 Å². The lowest BCUT2D eigenvalue weighted by Gasteiger charge is -2.23. The van der Waals surface area contributed by atoms with E-state index >= 15 is 0 Å². The fraction of sp³-hybridized carbons (Fsp3) is 1.00. The third-order valence-electron chi connectivity index (χ3n) is 2.67. The van der Waals surface area contributed by atoms with Gasteiger partial charge in [-0.1, -0.05) is 34.1 Å². The Morgan fingerprint density at radius 3 is 2.36 bits per heavy atom. The van der Waals surface area contributed by atoms with E-state index in [1.165, 1.54) is 0 Å². The van der Waals surface area contributed by atoms with Gasteiger partial charge >= 0.3 is 0 Å². The van der Waals surface area contributed by atoms with Crippen LogP contribution in [-0.2, 0) is 10.8 Å². The molecule has 0 saturated carbocycles. The summed E-state index contributed by atoms with van der Waals surface area (Å²) < 4.78 is 11.5. The highest BCUT2D eigenvalue weighted by molar-refractivity contribution is 7.84. The second-order valence-electron chi connectivity index (χ2n) is 3.84. The van der Waals surface area contributed by atoms with Crippen LogP contribution >= 0.6 is 0 Å². The molecule has 3 atom stereocenters. The van der Waals surface area contributed by atoms with Crippen LogP contribution in [0.2, 0.25) is 0 Å². The lowest BCUT2D eigenvalue weighted by Crippen LogP contribution is -2.40. The van der Waals surface area contributed by atoms with Crippen LogP contribution in [0.15, 0.2) is 0 Å². The Bertz CT molecular complexity index is 161. The van der Waals surface area contributed by atoms with Gasteiger partial charge in [0.2, 0.25) is 0 Å². The van der Waals surface area contributed by atoms with Gasteiger partial charge in [0.25, 0.3) is 0 Å². The summed E-state index contributed by atoms with van der Waals surface area (Å²) in [6, 6.07) is 0.431. The van der Waals surface area contributed by atoms with Crippen LogP contribution < -0.4 is 5.32 Å². The summed E-state index contributed by atoms with van der Waals surface area (Å²) in [7, 11) is -0.645. The molecule has 0 rings (SSSR count). The SMILES string of the molecule is CCCNC(CS(=O)CC)C(C)CC. The van der Waals surface area contributed by atoms with Gasteiger partial charge in [-0.05, 0) is 18.9 Å². The van der Waals surface area contributed by atoms with Gasteiger partial charge in [-0.2, -0.15) is 0 Å². The Morgan fingerprint density at radius 1 is 1.29 bits per heavy atom. The van der Waals surface area contributed by atoms with Crippen LogP contribution in [0.3, 0.4) is 0 Å². The summed E-state index contributed by atoms with van der Waals surface area (Å²) in [6.45, 7) is 9.62. The molecular formula is C11H25NOS. The maximum absolute atomic E-state index is 11.5. The van der Waals surface area contributed by atoms with E-state index in [4.69, 9.17) is 0 Å². The summed E-state index contributed by atoms with van der Waals surface area (Å²) in [5, 5.41) is 3.49. The zero-order valence-electron chi connectivity index (χ0n) is 10.0. The van der Waals surface area contributed by atoms with Crippen molar-refractivity contribution in [1.29, 1.82) is 0 Å². The minimum absolute atomic E-state index is 0.431. The van der Waals surface area contributed by atoms with Crippen molar-refractivity contribution >= 4 is 10.8 Å². The quantitative estimate of drug-likeness (QED) is 0.678. The van der Waals surface area contributed by atoms with Crippen molar-refractivity contribution in [3.8, 4) is 0 Å². The maximum Gasteiger partial charge on any atom is 0.0391 e. The Labute approximate surface area is 91.3 Å². The van der Waals surface area contributed by atoms with E-state index < -0.39 is 10.8 Å². The molecule has 0 amide bonds. The first kappa shape index (κ1) is 14.1. The second kappa shape index (κ2) is 8.42. The zero-order chi connectivity index (χ0) is 11.0. The summed E-state index contributed by atoms with van der Waals surface area (Å²) in [5.41, 5.74) is 0. The van der Waals surface area contributed by atoms with Crippen molar-refractivity contribution in [3.05, 3.63) is 0 Å². The lowest BCUT2D eigenvalue weighted by molar-refractivity contribution is 0.394. The standard InChI is InChI=1S/C11H25NOS/c1-5-8-12-11(10(4)6-2)9-14(13)7-3/h10-12H,5-9H2,1-4H3. The molecule has 0 fully saturated rings. The van der Waals surface area contributed by atoms with Crippen LogP contribution in [-0.4, -0.2) is 28.3 Å². The van der Waals surface area contributed by atoms with Crippen molar-refractivity contribution in [1.82, 2.24) is 5.32 Å². The average molecular weight is 219 g/mol. The molecule has 3 unspecified atom stereocenters. The molecule has 14 heavy (non-hydrogen) atoms. The highest BCUT2D eigenvalue weighted by Crippen LogP contribution is 2.09. The average Bonchev–Trinajstić information content (AvgIpc) is 2.22. The van der Waals surface area contributed by atoms with Gasteiger partial charge in [-0.3, -0.25) is 4.21 Å². The van der Waals surface area contributed by atoms with Crippen molar-refractivity contribution in [2.24, 2.45) is 5.92 Å². The van der Waals surface area contributed by atoms with Crippen LogP contribution in [0.1, 0.15) is 40.5 Å². The molecule has 0 aromatic heterocycles. The topological polar surface area (TPSA) is 29.1 Å². The molecule has 0 spiro atoms. The molecule has 0 bridgehead atoms. The summed E-state index contributed by atoms with van der Waals surface area (Å²) >= 11 is 0. The highest BCUT2D eigenvalue weighted by Gasteiger charge is 2.16. The highest BCUT2D eigenvalue weighted by atomic mass is 32.2. The summed E-state index contributed by atoms with van der Waals surface area (Å²) in [6.07, 6.45) is 2.30. The van der Waals surface area contributed by atoms with Crippen LogP contribution in [0.4, 0.5) is 0 Å². The maximum atomic E-state index is 11.5. The molecule has 86 valence electrons. The molecule has 2 nitrogen and oxygen atoms in total. The van der Waals surface area contributed by atoms with E-state index in [9.17, 15) is 4.21 Å². The van der Waals surface area contributed by atoms with E-state index in [1.807, 2.05) is 6.92 Å². The predicted molar refractivity (Wildman–Crippen MR) is 65.1 cm³/mol. The number of hydrogen-bond acceptors (Lipinski definition) is 2. The van der Waals surface area contributed by atoms with Gasteiger partial charge in [0, 0.05) is 28.3 Å². The van der Waals surface area contributed by atoms with E-state index in [0.717, 1.165) is 30.9 Å². The first-order valence-electron chi connectivity index (χ1n) is 5.73. The predicted octanol–water partition coefficient (Wildman–Crippen LogP) is 2.17. The van der Waals surface area contributed by atoms with Crippen LogP contribution in [0, 0.1) is 5.92 Å². The molecule has 0 aliphatic heterocycles. The van der Waals surface area contributed by atoms with E-state index in [1.54, 1.807) is 0 Å². The monoisotopic (exact) mass is 219 g/mol. The molecule has 0 aromatic rings. The largest absolute Gasteiger partial charge is 0.313 e. The fourth-order valence-corrected chi connectivity index (χ4v) is 2.44. The zero-order valence-corrected chi connectivity index (χ0v) is 10.8. The molecular weight excluding hydrogens is 194 g/mol. The van der Waals surface area contributed by atoms with Crippen molar-refractivity contribution in [3.63, 3.8) is 0 Å². The van der Waals surface area contributed by atoms with E-state index in [-0.39, 0.29) is 0 Å². The number of nitrogens with one attached hydrogen (secondary N) is 1. The Balaban J connectivity index is 4.02. The van der Waals surface area contributed by atoms with Gasteiger partial charge < -0.3 is 5.32 Å². The number of hydrogen-bond donors (Lipinski definition) is 1. The van der Waals surface area contributed by atoms with Crippen molar-refractivity contribution in [2.45, 2.75) is 46.6 Å². The molecule has 0 aliphatic carbocycles. The molecule has 1 N–H and O–H groups in total. The fourth-order valence-electron chi connectivity index (χ4n) is 1.36. The van der Waals surface area contributed by atoms with Gasteiger partial charge in [0.1, 0.15) is 0 Å².